The molecule has 0 fully saturated rings. The number of aromatic nitrogens is 2. The van der Waals surface area contributed by atoms with Gasteiger partial charge in [-0.25, -0.2) is 8.78 Å². The van der Waals surface area contributed by atoms with Crippen molar-refractivity contribution in [3.63, 3.8) is 0 Å². The van der Waals surface area contributed by atoms with Crippen LogP contribution in [0.2, 0.25) is 0 Å². The zero-order valence-corrected chi connectivity index (χ0v) is 12.3. The highest BCUT2D eigenvalue weighted by atomic mass is 19.2. The van der Waals surface area contributed by atoms with Gasteiger partial charge in [0.1, 0.15) is 0 Å². The zero-order chi connectivity index (χ0) is 16.9. The third-order valence-electron chi connectivity index (χ3n) is 3.13. The Labute approximate surface area is 136 Å². The quantitative estimate of drug-likeness (QED) is 0.766. The summed E-state index contributed by atoms with van der Waals surface area (Å²) in [7, 11) is 0. The molecule has 0 saturated carbocycles. The van der Waals surface area contributed by atoms with E-state index in [1.807, 2.05) is 6.07 Å². The maximum atomic E-state index is 13.2. The largest absolute Gasteiger partial charge is 0.339 e. The number of anilines is 3. The van der Waals surface area contributed by atoms with Crippen LogP contribution in [0.25, 0.3) is 0 Å². The molecule has 0 aliphatic rings. The van der Waals surface area contributed by atoms with Crippen LogP contribution < -0.4 is 10.6 Å². The molecule has 0 radical (unpaired) electrons. The third kappa shape index (κ3) is 3.70. The molecule has 0 atom stereocenters. The first-order valence-electron chi connectivity index (χ1n) is 7.04. The van der Waals surface area contributed by atoms with Crippen molar-refractivity contribution in [3.8, 4) is 0 Å². The molecule has 3 aromatic rings. The third-order valence-corrected chi connectivity index (χ3v) is 3.13. The summed E-state index contributed by atoms with van der Waals surface area (Å²) >= 11 is 0. The van der Waals surface area contributed by atoms with Gasteiger partial charge in [-0.05, 0) is 36.4 Å². The normalized spacial score (nSPS) is 10.2. The highest BCUT2D eigenvalue weighted by Gasteiger charge is 2.07. The van der Waals surface area contributed by atoms with E-state index in [-0.39, 0.29) is 11.7 Å². The van der Waals surface area contributed by atoms with Gasteiger partial charge >= 0.3 is 0 Å². The highest BCUT2D eigenvalue weighted by molar-refractivity contribution is 6.03. The Morgan fingerprint density at radius 3 is 2.21 bits per heavy atom. The molecular weight excluding hydrogens is 314 g/mol. The van der Waals surface area contributed by atoms with E-state index < -0.39 is 11.6 Å². The van der Waals surface area contributed by atoms with E-state index in [9.17, 15) is 13.6 Å². The standard InChI is InChI=1S/C17H12F2N4O/c18-13-7-6-12(10-14(13)19)20-15-8-9-16(23-22-15)21-17(24)11-4-2-1-3-5-11/h1-10H,(H,20,22)(H,21,23,24). The average molecular weight is 326 g/mol. The minimum atomic E-state index is -0.959. The molecule has 5 nitrogen and oxygen atoms in total. The molecule has 1 aromatic heterocycles. The van der Waals surface area contributed by atoms with E-state index in [2.05, 4.69) is 20.8 Å². The van der Waals surface area contributed by atoms with Gasteiger partial charge in [-0.15, -0.1) is 10.2 Å². The lowest BCUT2D eigenvalue weighted by Crippen LogP contribution is -2.13. The SMILES string of the molecule is O=C(Nc1ccc(Nc2ccc(F)c(F)c2)nn1)c1ccccc1. The monoisotopic (exact) mass is 326 g/mol. The molecule has 2 N–H and O–H groups in total. The molecule has 2 aromatic carbocycles. The van der Waals surface area contributed by atoms with Crippen LogP contribution in [-0.4, -0.2) is 16.1 Å². The molecule has 1 heterocycles. The van der Waals surface area contributed by atoms with Crippen LogP contribution in [0.5, 0.6) is 0 Å². The van der Waals surface area contributed by atoms with Crippen LogP contribution in [0.3, 0.4) is 0 Å². The first-order valence-corrected chi connectivity index (χ1v) is 7.04. The first kappa shape index (κ1) is 15.5. The summed E-state index contributed by atoms with van der Waals surface area (Å²) in [4.78, 5) is 12.0. The fourth-order valence-electron chi connectivity index (χ4n) is 1.97. The summed E-state index contributed by atoms with van der Waals surface area (Å²) in [5.74, 6) is -1.57. The molecule has 1 amide bonds. The summed E-state index contributed by atoms with van der Waals surface area (Å²) in [5.41, 5.74) is 0.840. The van der Waals surface area contributed by atoms with E-state index in [0.29, 0.717) is 17.1 Å². The molecule has 0 aliphatic carbocycles. The second kappa shape index (κ2) is 6.82. The van der Waals surface area contributed by atoms with Crippen LogP contribution in [-0.2, 0) is 0 Å². The Hall–Kier alpha value is -3.35. The van der Waals surface area contributed by atoms with Gasteiger partial charge in [0.15, 0.2) is 23.3 Å². The molecule has 3 rings (SSSR count). The Morgan fingerprint density at radius 1 is 0.833 bits per heavy atom. The van der Waals surface area contributed by atoms with Crippen molar-refractivity contribution in [1.82, 2.24) is 10.2 Å². The number of rotatable bonds is 4. The predicted octanol–water partition coefficient (Wildman–Crippen LogP) is 3.75. The molecule has 24 heavy (non-hydrogen) atoms. The molecule has 7 heteroatoms. The van der Waals surface area contributed by atoms with Gasteiger partial charge in [0.2, 0.25) is 0 Å². The van der Waals surface area contributed by atoms with Crippen molar-refractivity contribution in [2.45, 2.75) is 0 Å². The molecule has 120 valence electrons. The molecule has 0 bridgehead atoms. The van der Waals surface area contributed by atoms with Crippen LogP contribution in [0.15, 0.2) is 60.7 Å². The summed E-state index contributed by atoms with van der Waals surface area (Å²) in [6, 6.07) is 15.2. The van der Waals surface area contributed by atoms with Crippen LogP contribution in [0, 0.1) is 11.6 Å². The van der Waals surface area contributed by atoms with Crippen molar-refractivity contribution >= 4 is 23.2 Å². The van der Waals surface area contributed by atoms with E-state index >= 15 is 0 Å². The Morgan fingerprint density at radius 2 is 1.54 bits per heavy atom. The van der Waals surface area contributed by atoms with Gasteiger partial charge in [-0.1, -0.05) is 18.2 Å². The summed E-state index contributed by atoms with van der Waals surface area (Å²) < 4.78 is 26.0. The number of halogens is 2. The van der Waals surface area contributed by atoms with Gasteiger partial charge in [-0.2, -0.15) is 0 Å². The number of nitrogens with one attached hydrogen (secondary N) is 2. The maximum Gasteiger partial charge on any atom is 0.256 e. The molecular formula is C17H12F2N4O. The van der Waals surface area contributed by atoms with E-state index in [4.69, 9.17) is 0 Å². The molecule has 0 spiro atoms. The number of benzene rings is 2. The summed E-state index contributed by atoms with van der Waals surface area (Å²) in [5, 5.41) is 13.2. The van der Waals surface area contributed by atoms with E-state index in [1.54, 1.807) is 36.4 Å². The predicted molar refractivity (Wildman–Crippen MR) is 86.1 cm³/mol. The minimum absolute atomic E-state index is 0.277. The zero-order valence-electron chi connectivity index (χ0n) is 12.3. The molecule has 0 saturated heterocycles. The fraction of sp³-hybridized carbons (Fsp3) is 0. The smallest absolute Gasteiger partial charge is 0.256 e. The average Bonchev–Trinajstić information content (AvgIpc) is 2.61. The second-order valence-corrected chi connectivity index (χ2v) is 4.88. The first-order chi connectivity index (χ1) is 11.6. The Kier molecular flexibility index (Phi) is 4.42. The Balaban J connectivity index is 1.67. The maximum absolute atomic E-state index is 13.2. The van der Waals surface area contributed by atoms with Crippen LogP contribution in [0.1, 0.15) is 10.4 Å². The van der Waals surface area contributed by atoms with Crippen molar-refractivity contribution < 1.29 is 13.6 Å². The topological polar surface area (TPSA) is 66.9 Å². The number of amides is 1. The number of carbonyl (C=O) groups excluding carboxylic acids is 1. The number of hydrogen-bond acceptors (Lipinski definition) is 4. The van der Waals surface area contributed by atoms with Crippen molar-refractivity contribution in [1.29, 1.82) is 0 Å². The molecule has 0 aliphatic heterocycles. The molecule has 0 unspecified atom stereocenters. The lowest BCUT2D eigenvalue weighted by Gasteiger charge is -2.07. The van der Waals surface area contributed by atoms with Crippen molar-refractivity contribution in [2.75, 3.05) is 10.6 Å². The van der Waals surface area contributed by atoms with Gasteiger partial charge < -0.3 is 10.6 Å². The number of hydrogen-bond donors (Lipinski definition) is 2. The second-order valence-electron chi connectivity index (χ2n) is 4.88. The number of carbonyl (C=O) groups is 1. The lowest BCUT2D eigenvalue weighted by molar-refractivity contribution is 0.102. The van der Waals surface area contributed by atoms with Gasteiger partial charge in [0.05, 0.1) is 0 Å². The van der Waals surface area contributed by atoms with E-state index in [0.717, 1.165) is 12.1 Å². The van der Waals surface area contributed by atoms with Gasteiger partial charge in [-0.3, -0.25) is 4.79 Å². The van der Waals surface area contributed by atoms with Crippen molar-refractivity contribution in [3.05, 3.63) is 77.9 Å². The van der Waals surface area contributed by atoms with Crippen LogP contribution in [0.4, 0.5) is 26.1 Å². The highest BCUT2D eigenvalue weighted by Crippen LogP contribution is 2.17. The van der Waals surface area contributed by atoms with E-state index in [1.165, 1.54) is 6.07 Å². The van der Waals surface area contributed by atoms with Crippen LogP contribution >= 0.6 is 0 Å². The summed E-state index contributed by atoms with van der Waals surface area (Å²) in [6.45, 7) is 0. The minimum Gasteiger partial charge on any atom is -0.339 e. The van der Waals surface area contributed by atoms with Gasteiger partial charge in [0, 0.05) is 17.3 Å². The number of nitrogens with zero attached hydrogens (tertiary/aromatic N) is 2. The van der Waals surface area contributed by atoms with Gasteiger partial charge in [0.25, 0.3) is 5.91 Å². The summed E-state index contributed by atoms with van der Waals surface area (Å²) in [6.07, 6.45) is 0. The Bertz CT molecular complexity index is 854. The lowest BCUT2D eigenvalue weighted by atomic mass is 10.2. The fourth-order valence-corrected chi connectivity index (χ4v) is 1.97. The van der Waals surface area contributed by atoms with Crippen molar-refractivity contribution in [2.24, 2.45) is 0 Å².